The highest BCUT2D eigenvalue weighted by atomic mass is 35.5. The summed E-state index contributed by atoms with van der Waals surface area (Å²) < 4.78 is 0. The third kappa shape index (κ3) is 1.91. The average Bonchev–Trinajstić information content (AvgIpc) is 2.95. The maximum atomic E-state index is 6.02. The molecule has 2 aromatic rings. The molecule has 3 rings (SSSR count). The maximum Gasteiger partial charge on any atom is 0.127 e. The fourth-order valence-electron chi connectivity index (χ4n) is 2.98. The highest BCUT2D eigenvalue weighted by Crippen LogP contribution is 2.34. The molecule has 0 amide bonds. The van der Waals surface area contributed by atoms with E-state index in [2.05, 4.69) is 17.2 Å². The van der Waals surface area contributed by atoms with Crippen molar-refractivity contribution in [2.24, 2.45) is 0 Å². The van der Waals surface area contributed by atoms with Gasteiger partial charge in [-0.25, -0.2) is 4.98 Å². The number of halogens is 1. The number of benzene rings is 1. The molecule has 0 spiro atoms. The first kappa shape index (κ1) is 12.0. The van der Waals surface area contributed by atoms with Gasteiger partial charge < -0.3 is 10.3 Å². The van der Waals surface area contributed by atoms with Crippen molar-refractivity contribution >= 4 is 22.6 Å². The van der Waals surface area contributed by atoms with Crippen LogP contribution in [0.1, 0.15) is 38.4 Å². The molecule has 1 aliphatic rings. The zero-order valence-corrected chi connectivity index (χ0v) is 11.3. The molecule has 1 aromatic carbocycles. The van der Waals surface area contributed by atoms with Crippen molar-refractivity contribution in [1.82, 2.24) is 15.3 Å². The Hall–Kier alpha value is -1.06. The molecule has 4 heteroatoms. The summed E-state index contributed by atoms with van der Waals surface area (Å²) >= 11 is 6.02. The smallest absolute Gasteiger partial charge is 0.127 e. The van der Waals surface area contributed by atoms with Crippen molar-refractivity contribution in [1.29, 1.82) is 0 Å². The van der Waals surface area contributed by atoms with E-state index in [-0.39, 0.29) is 5.54 Å². The van der Waals surface area contributed by atoms with E-state index in [1.165, 1.54) is 6.42 Å². The summed E-state index contributed by atoms with van der Waals surface area (Å²) in [7, 11) is 0. The summed E-state index contributed by atoms with van der Waals surface area (Å²) in [5.74, 6) is 1.07. The van der Waals surface area contributed by atoms with Gasteiger partial charge in [-0.1, -0.05) is 24.9 Å². The molecule has 2 N–H and O–H groups in total. The number of nitrogens with zero attached hydrogens (tertiary/aromatic N) is 1. The molecule has 0 radical (unpaired) electrons. The normalized spacial score (nSPS) is 23.9. The molecule has 1 saturated heterocycles. The van der Waals surface area contributed by atoms with Gasteiger partial charge >= 0.3 is 0 Å². The zero-order valence-electron chi connectivity index (χ0n) is 10.6. The number of imidazole rings is 1. The Morgan fingerprint density at radius 1 is 1.44 bits per heavy atom. The van der Waals surface area contributed by atoms with E-state index in [4.69, 9.17) is 16.6 Å². The van der Waals surface area contributed by atoms with E-state index in [1.54, 1.807) is 0 Å². The van der Waals surface area contributed by atoms with Crippen LogP contribution in [0.5, 0.6) is 0 Å². The minimum atomic E-state index is 0.0419. The van der Waals surface area contributed by atoms with E-state index >= 15 is 0 Å². The van der Waals surface area contributed by atoms with Gasteiger partial charge in [-0.3, -0.25) is 0 Å². The number of rotatable bonds is 3. The fourth-order valence-corrected chi connectivity index (χ4v) is 3.15. The second kappa shape index (κ2) is 4.56. The van der Waals surface area contributed by atoms with Crippen LogP contribution in [-0.2, 0) is 5.54 Å². The lowest BCUT2D eigenvalue weighted by Crippen LogP contribution is -2.37. The molecule has 0 bridgehead atoms. The van der Waals surface area contributed by atoms with E-state index in [0.717, 1.165) is 47.7 Å². The number of hydrogen-bond acceptors (Lipinski definition) is 2. The van der Waals surface area contributed by atoms with Gasteiger partial charge in [0.25, 0.3) is 0 Å². The molecule has 0 aliphatic carbocycles. The molecule has 1 unspecified atom stereocenters. The summed E-state index contributed by atoms with van der Waals surface area (Å²) in [6.45, 7) is 3.30. The monoisotopic (exact) mass is 263 g/mol. The molecule has 2 heterocycles. The van der Waals surface area contributed by atoms with Gasteiger partial charge in [0.1, 0.15) is 5.82 Å². The first-order valence-electron chi connectivity index (χ1n) is 6.64. The van der Waals surface area contributed by atoms with Crippen molar-refractivity contribution in [2.75, 3.05) is 6.54 Å². The minimum Gasteiger partial charge on any atom is -0.340 e. The summed E-state index contributed by atoms with van der Waals surface area (Å²) in [4.78, 5) is 8.20. The van der Waals surface area contributed by atoms with Crippen molar-refractivity contribution in [2.45, 2.75) is 38.1 Å². The van der Waals surface area contributed by atoms with Gasteiger partial charge in [-0.15, -0.1) is 0 Å². The standard InChI is InChI=1S/C14H18ClN3/c1-2-6-14(7-3-8-16-14)13-17-11-5-4-10(15)9-12(11)18-13/h4-5,9,16H,2-3,6-8H2,1H3,(H,17,18). The van der Waals surface area contributed by atoms with Crippen LogP contribution in [0.25, 0.3) is 11.0 Å². The lowest BCUT2D eigenvalue weighted by molar-refractivity contribution is 0.338. The first-order valence-corrected chi connectivity index (χ1v) is 7.02. The third-order valence-electron chi connectivity index (χ3n) is 3.82. The quantitative estimate of drug-likeness (QED) is 0.888. The lowest BCUT2D eigenvalue weighted by atomic mass is 9.91. The van der Waals surface area contributed by atoms with Crippen molar-refractivity contribution in [3.63, 3.8) is 0 Å². The highest BCUT2D eigenvalue weighted by Gasteiger charge is 2.37. The number of H-pyrrole nitrogens is 1. The number of aromatic amines is 1. The second-order valence-corrected chi connectivity index (χ2v) is 5.55. The summed E-state index contributed by atoms with van der Waals surface area (Å²) in [5, 5.41) is 4.39. The van der Waals surface area contributed by atoms with Gasteiger partial charge in [-0.2, -0.15) is 0 Å². The largest absolute Gasteiger partial charge is 0.340 e. The Morgan fingerprint density at radius 3 is 3.06 bits per heavy atom. The molecule has 1 aromatic heterocycles. The van der Waals surface area contributed by atoms with Crippen LogP contribution in [-0.4, -0.2) is 16.5 Å². The van der Waals surface area contributed by atoms with Crippen LogP contribution in [0.15, 0.2) is 18.2 Å². The van der Waals surface area contributed by atoms with Gasteiger partial charge in [0.05, 0.1) is 16.6 Å². The van der Waals surface area contributed by atoms with Gasteiger partial charge in [0.15, 0.2) is 0 Å². The first-order chi connectivity index (χ1) is 8.73. The molecule has 1 atom stereocenters. The molecule has 0 saturated carbocycles. The van der Waals surface area contributed by atoms with Crippen LogP contribution in [0.4, 0.5) is 0 Å². The highest BCUT2D eigenvalue weighted by molar-refractivity contribution is 6.31. The van der Waals surface area contributed by atoms with E-state index in [9.17, 15) is 0 Å². The van der Waals surface area contributed by atoms with Crippen LogP contribution in [0, 0.1) is 0 Å². The molecular weight excluding hydrogens is 246 g/mol. The van der Waals surface area contributed by atoms with E-state index in [1.807, 2.05) is 18.2 Å². The minimum absolute atomic E-state index is 0.0419. The third-order valence-corrected chi connectivity index (χ3v) is 4.05. The Kier molecular flexibility index (Phi) is 3.04. The van der Waals surface area contributed by atoms with E-state index < -0.39 is 0 Å². The SMILES string of the molecule is CCCC1(c2nc3ccc(Cl)cc3[nH]2)CCCN1. The Morgan fingerprint density at radius 2 is 2.33 bits per heavy atom. The number of fused-ring (bicyclic) bond motifs is 1. The Labute approximate surface area is 112 Å². The Bertz CT molecular complexity index is 555. The van der Waals surface area contributed by atoms with Crippen molar-refractivity contribution in [3.8, 4) is 0 Å². The summed E-state index contributed by atoms with van der Waals surface area (Å²) in [5.41, 5.74) is 2.07. The molecular formula is C14H18ClN3. The number of hydrogen-bond donors (Lipinski definition) is 2. The van der Waals surface area contributed by atoms with Gasteiger partial charge in [-0.05, 0) is 44.0 Å². The van der Waals surface area contributed by atoms with Crippen LogP contribution in [0.3, 0.4) is 0 Å². The predicted molar refractivity (Wildman–Crippen MR) is 74.9 cm³/mol. The topological polar surface area (TPSA) is 40.7 Å². The van der Waals surface area contributed by atoms with Gasteiger partial charge in [0.2, 0.25) is 0 Å². The van der Waals surface area contributed by atoms with Crippen molar-refractivity contribution < 1.29 is 0 Å². The summed E-state index contributed by atoms with van der Waals surface area (Å²) in [6, 6.07) is 5.82. The fraction of sp³-hybridized carbons (Fsp3) is 0.500. The van der Waals surface area contributed by atoms with Crippen LogP contribution < -0.4 is 5.32 Å². The molecule has 1 fully saturated rings. The van der Waals surface area contributed by atoms with E-state index in [0.29, 0.717) is 0 Å². The lowest BCUT2D eigenvalue weighted by Gasteiger charge is -2.26. The number of nitrogens with one attached hydrogen (secondary N) is 2. The van der Waals surface area contributed by atoms with Gasteiger partial charge in [0, 0.05) is 5.02 Å². The average molecular weight is 264 g/mol. The zero-order chi connectivity index (χ0) is 12.6. The predicted octanol–water partition coefficient (Wildman–Crippen LogP) is 3.60. The summed E-state index contributed by atoms with van der Waals surface area (Å²) in [6.07, 6.45) is 4.66. The number of aromatic nitrogens is 2. The molecule has 18 heavy (non-hydrogen) atoms. The Balaban J connectivity index is 2.06. The van der Waals surface area contributed by atoms with Crippen LogP contribution >= 0.6 is 11.6 Å². The molecule has 96 valence electrons. The van der Waals surface area contributed by atoms with Crippen molar-refractivity contribution in [3.05, 3.63) is 29.0 Å². The molecule has 1 aliphatic heterocycles. The second-order valence-electron chi connectivity index (χ2n) is 5.11. The maximum absolute atomic E-state index is 6.02. The molecule has 3 nitrogen and oxygen atoms in total. The van der Waals surface area contributed by atoms with Crippen LogP contribution in [0.2, 0.25) is 5.02 Å².